The van der Waals surface area contributed by atoms with Crippen LogP contribution in [-0.4, -0.2) is 40.7 Å². The Labute approximate surface area is 162 Å². The van der Waals surface area contributed by atoms with Gasteiger partial charge in [-0.15, -0.1) is 0 Å². The molecule has 0 unspecified atom stereocenters. The number of nitrogens with zero attached hydrogens (tertiary/aromatic N) is 3. The molecule has 0 N–H and O–H groups in total. The number of para-hydroxylation sites is 1. The summed E-state index contributed by atoms with van der Waals surface area (Å²) in [6, 6.07) is 12.8. The van der Waals surface area contributed by atoms with Gasteiger partial charge >= 0.3 is 0 Å². The number of aromatic nitrogens is 2. The van der Waals surface area contributed by atoms with Crippen LogP contribution in [0.4, 0.5) is 0 Å². The SMILES string of the molecule is CN1CCC(c2nn(C(=O)c3ccc(Cl)c(Cl)c3)c3ccccc23)CC1. The molecule has 4 rings (SSSR count). The van der Waals surface area contributed by atoms with Gasteiger partial charge in [0, 0.05) is 16.9 Å². The Hall–Kier alpha value is -1.88. The first kappa shape index (κ1) is 17.5. The quantitative estimate of drug-likeness (QED) is 0.631. The second-order valence-electron chi connectivity index (χ2n) is 6.83. The minimum absolute atomic E-state index is 0.195. The third-order valence-electron chi connectivity index (χ3n) is 5.08. The number of rotatable bonds is 2. The minimum atomic E-state index is -0.195. The van der Waals surface area contributed by atoms with E-state index in [2.05, 4.69) is 18.0 Å². The van der Waals surface area contributed by atoms with Crippen LogP contribution in [0.3, 0.4) is 0 Å². The lowest BCUT2D eigenvalue weighted by Crippen LogP contribution is -2.29. The Morgan fingerprint density at radius 1 is 1.08 bits per heavy atom. The number of carbonyl (C=O) groups excluding carboxylic acids is 1. The van der Waals surface area contributed by atoms with Gasteiger partial charge in [-0.1, -0.05) is 41.4 Å². The molecule has 6 heteroatoms. The van der Waals surface area contributed by atoms with Crippen molar-refractivity contribution >= 4 is 40.0 Å². The second-order valence-corrected chi connectivity index (χ2v) is 7.64. The summed E-state index contributed by atoms with van der Waals surface area (Å²) in [6.07, 6.45) is 2.11. The molecule has 0 spiro atoms. The van der Waals surface area contributed by atoms with Crippen molar-refractivity contribution in [3.8, 4) is 0 Å². The van der Waals surface area contributed by atoms with E-state index in [1.807, 2.05) is 18.2 Å². The molecule has 0 bridgehead atoms. The highest BCUT2D eigenvalue weighted by molar-refractivity contribution is 6.42. The van der Waals surface area contributed by atoms with E-state index in [1.165, 1.54) is 4.68 Å². The fourth-order valence-electron chi connectivity index (χ4n) is 3.58. The van der Waals surface area contributed by atoms with E-state index in [-0.39, 0.29) is 5.91 Å². The van der Waals surface area contributed by atoms with E-state index in [0.29, 0.717) is 21.5 Å². The number of halogens is 2. The molecule has 2 aromatic carbocycles. The van der Waals surface area contributed by atoms with Crippen LogP contribution < -0.4 is 0 Å². The van der Waals surface area contributed by atoms with Gasteiger partial charge in [-0.25, -0.2) is 0 Å². The lowest BCUT2D eigenvalue weighted by atomic mass is 9.92. The number of hydrogen-bond acceptors (Lipinski definition) is 3. The molecule has 1 saturated heterocycles. The molecule has 26 heavy (non-hydrogen) atoms. The predicted octanol–water partition coefficient (Wildman–Crippen LogP) is 4.84. The van der Waals surface area contributed by atoms with Crippen LogP contribution in [0.25, 0.3) is 10.9 Å². The van der Waals surface area contributed by atoms with Gasteiger partial charge in [-0.3, -0.25) is 4.79 Å². The van der Waals surface area contributed by atoms with E-state index in [1.54, 1.807) is 18.2 Å². The van der Waals surface area contributed by atoms with Gasteiger partial charge in [0.2, 0.25) is 0 Å². The first-order valence-electron chi connectivity index (χ1n) is 8.70. The first-order chi connectivity index (χ1) is 12.5. The molecule has 0 atom stereocenters. The highest BCUT2D eigenvalue weighted by atomic mass is 35.5. The highest BCUT2D eigenvalue weighted by Crippen LogP contribution is 2.32. The molecule has 1 fully saturated rings. The van der Waals surface area contributed by atoms with Gasteiger partial charge < -0.3 is 4.90 Å². The Bertz CT molecular complexity index is 974. The zero-order valence-electron chi connectivity index (χ0n) is 14.5. The van der Waals surface area contributed by atoms with Crippen molar-refractivity contribution in [1.82, 2.24) is 14.7 Å². The van der Waals surface area contributed by atoms with Crippen molar-refractivity contribution < 1.29 is 4.79 Å². The van der Waals surface area contributed by atoms with Crippen LogP contribution in [-0.2, 0) is 0 Å². The standard InChI is InChI=1S/C20H19Cl2N3O/c1-24-10-8-13(9-11-24)19-15-4-2-3-5-18(15)25(23-19)20(26)14-6-7-16(21)17(22)12-14/h2-7,12-13H,8-11H2,1H3. The summed E-state index contributed by atoms with van der Waals surface area (Å²) in [4.78, 5) is 15.4. The average molecular weight is 388 g/mol. The van der Waals surface area contributed by atoms with Crippen molar-refractivity contribution in [2.45, 2.75) is 18.8 Å². The van der Waals surface area contributed by atoms with Crippen molar-refractivity contribution in [2.75, 3.05) is 20.1 Å². The van der Waals surface area contributed by atoms with Crippen molar-refractivity contribution in [3.05, 3.63) is 63.8 Å². The van der Waals surface area contributed by atoms with Crippen molar-refractivity contribution in [1.29, 1.82) is 0 Å². The van der Waals surface area contributed by atoms with Crippen LogP contribution in [0.5, 0.6) is 0 Å². The fourth-order valence-corrected chi connectivity index (χ4v) is 3.88. The molecule has 4 nitrogen and oxygen atoms in total. The molecule has 1 aromatic heterocycles. The van der Waals surface area contributed by atoms with Crippen LogP contribution in [0, 0.1) is 0 Å². The maximum Gasteiger partial charge on any atom is 0.278 e. The number of carbonyl (C=O) groups is 1. The third kappa shape index (κ3) is 3.13. The number of piperidine rings is 1. The number of hydrogen-bond donors (Lipinski definition) is 0. The largest absolute Gasteiger partial charge is 0.306 e. The van der Waals surface area contributed by atoms with Crippen LogP contribution >= 0.6 is 23.2 Å². The smallest absolute Gasteiger partial charge is 0.278 e. The molecule has 3 aromatic rings. The van der Waals surface area contributed by atoms with Gasteiger partial charge in [0.1, 0.15) is 0 Å². The highest BCUT2D eigenvalue weighted by Gasteiger charge is 2.25. The minimum Gasteiger partial charge on any atom is -0.306 e. The monoisotopic (exact) mass is 387 g/mol. The van der Waals surface area contributed by atoms with Gasteiger partial charge in [0.05, 0.1) is 21.3 Å². The van der Waals surface area contributed by atoms with Gasteiger partial charge in [0.15, 0.2) is 0 Å². The lowest BCUT2D eigenvalue weighted by Gasteiger charge is -2.28. The van der Waals surface area contributed by atoms with Crippen LogP contribution in [0.15, 0.2) is 42.5 Å². The van der Waals surface area contributed by atoms with Gasteiger partial charge in [0.25, 0.3) is 5.91 Å². The maximum atomic E-state index is 13.1. The van der Waals surface area contributed by atoms with Gasteiger partial charge in [-0.05, 0) is 57.2 Å². The normalized spacial score (nSPS) is 16.3. The van der Waals surface area contributed by atoms with E-state index >= 15 is 0 Å². The van der Waals surface area contributed by atoms with Crippen molar-refractivity contribution in [3.63, 3.8) is 0 Å². The summed E-state index contributed by atoms with van der Waals surface area (Å²) < 4.78 is 1.50. The molecule has 1 aliphatic heterocycles. The molecule has 0 radical (unpaired) electrons. The first-order valence-corrected chi connectivity index (χ1v) is 9.46. The Kier molecular flexibility index (Phi) is 4.74. The second kappa shape index (κ2) is 7.03. The summed E-state index contributed by atoms with van der Waals surface area (Å²) in [6.45, 7) is 2.10. The summed E-state index contributed by atoms with van der Waals surface area (Å²) in [5, 5.41) is 6.59. The lowest BCUT2D eigenvalue weighted by molar-refractivity contribution is 0.0949. The predicted molar refractivity (Wildman–Crippen MR) is 105 cm³/mol. The summed E-state index contributed by atoms with van der Waals surface area (Å²) in [5.74, 6) is 0.179. The van der Waals surface area contributed by atoms with Crippen molar-refractivity contribution in [2.24, 2.45) is 0 Å². The Balaban J connectivity index is 1.78. The number of likely N-dealkylation sites (tertiary alicyclic amines) is 1. The Morgan fingerprint density at radius 2 is 1.81 bits per heavy atom. The maximum absolute atomic E-state index is 13.1. The zero-order chi connectivity index (χ0) is 18.3. The molecule has 1 aliphatic rings. The Morgan fingerprint density at radius 3 is 2.54 bits per heavy atom. The topological polar surface area (TPSA) is 38.1 Å². The van der Waals surface area contributed by atoms with E-state index in [0.717, 1.165) is 42.5 Å². The van der Waals surface area contributed by atoms with E-state index in [4.69, 9.17) is 28.3 Å². The molecular formula is C20H19Cl2N3O. The molecule has 0 saturated carbocycles. The molecule has 134 valence electrons. The average Bonchev–Trinajstić information content (AvgIpc) is 3.04. The molecule has 0 aliphatic carbocycles. The summed E-state index contributed by atoms with van der Waals surface area (Å²) in [5.41, 5.74) is 2.32. The zero-order valence-corrected chi connectivity index (χ0v) is 16.0. The van der Waals surface area contributed by atoms with E-state index < -0.39 is 0 Å². The summed E-state index contributed by atoms with van der Waals surface area (Å²) in [7, 11) is 2.14. The van der Waals surface area contributed by atoms with E-state index in [9.17, 15) is 4.79 Å². The van der Waals surface area contributed by atoms with Crippen LogP contribution in [0.1, 0.15) is 34.8 Å². The number of benzene rings is 2. The number of fused-ring (bicyclic) bond motifs is 1. The molecule has 2 heterocycles. The molecular weight excluding hydrogens is 369 g/mol. The molecule has 0 amide bonds. The summed E-state index contributed by atoms with van der Waals surface area (Å²) >= 11 is 12.1. The third-order valence-corrected chi connectivity index (χ3v) is 5.82. The van der Waals surface area contributed by atoms with Crippen LogP contribution in [0.2, 0.25) is 10.0 Å². The fraction of sp³-hybridized carbons (Fsp3) is 0.300. The van der Waals surface area contributed by atoms with Gasteiger partial charge in [-0.2, -0.15) is 9.78 Å².